The van der Waals surface area contributed by atoms with Crippen molar-refractivity contribution in [2.24, 2.45) is 0 Å². The first-order valence-corrected chi connectivity index (χ1v) is 6.31. The monoisotopic (exact) mass is 280 g/mol. The van der Waals surface area contributed by atoms with Crippen molar-refractivity contribution in [3.63, 3.8) is 0 Å². The van der Waals surface area contributed by atoms with Crippen molar-refractivity contribution in [3.05, 3.63) is 66.5 Å². The van der Waals surface area contributed by atoms with Gasteiger partial charge in [0.2, 0.25) is 0 Å². The molecule has 21 heavy (non-hydrogen) atoms. The Kier molecular flexibility index (Phi) is 3.16. The van der Waals surface area contributed by atoms with Crippen LogP contribution in [0.2, 0.25) is 0 Å². The van der Waals surface area contributed by atoms with Crippen molar-refractivity contribution in [2.45, 2.75) is 0 Å². The highest BCUT2D eigenvalue weighted by molar-refractivity contribution is 5.90. The number of benzene rings is 2. The van der Waals surface area contributed by atoms with E-state index in [4.69, 9.17) is 5.11 Å². The number of aromatic carboxylic acids is 1. The largest absolute Gasteiger partial charge is 0.508 e. The van der Waals surface area contributed by atoms with Crippen molar-refractivity contribution >= 4 is 5.97 Å². The summed E-state index contributed by atoms with van der Waals surface area (Å²) in [6.07, 6.45) is 3.51. The van der Waals surface area contributed by atoms with E-state index < -0.39 is 5.97 Å². The van der Waals surface area contributed by atoms with Crippen molar-refractivity contribution in [2.75, 3.05) is 0 Å². The molecule has 0 unspecified atom stereocenters. The van der Waals surface area contributed by atoms with Gasteiger partial charge in [-0.05, 0) is 47.5 Å². The van der Waals surface area contributed by atoms with Crippen LogP contribution in [0.4, 0.5) is 0 Å². The Bertz CT molecular complexity index is 795. The molecule has 3 aromatic rings. The highest BCUT2D eigenvalue weighted by Gasteiger charge is 2.09. The second-order valence-electron chi connectivity index (χ2n) is 4.57. The Balaban J connectivity index is 2.09. The molecule has 1 aromatic heterocycles. The summed E-state index contributed by atoms with van der Waals surface area (Å²) in [7, 11) is 0. The minimum Gasteiger partial charge on any atom is -0.508 e. The third kappa shape index (κ3) is 2.62. The molecule has 0 bridgehead atoms. The average Bonchev–Trinajstić information content (AvgIpc) is 3.01. The maximum atomic E-state index is 11.1. The lowest BCUT2D eigenvalue weighted by atomic mass is 10.0. The van der Waals surface area contributed by atoms with E-state index in [9.17, 15) is 9.90 Å². The topological polar surface area (TPSA) is 75.3 Å². The van der Waals surface area contributed by atoms with Gasteiger partial charge in [0, 0.05) is 12.4 Å². The number of hydrogen-bond donors (Lipinski definition) is 2. The van der Waals surface area contributed by atoms with Crippen molar-refractivity contribution in [1.82, 2.24) is 9.78 Å². The van der Waals surface area contributed by atoms with E-state index in [0.717, 1.165) is 11.3 Å². The zero-order chi connectivity index (χ0) is 14.8. The molecule has 0 radical (unpaired) electrons. The number of carbonyl (C=O) groups is 1. The normalized spacial score (nSPS) is 10.5. The van der Waals surface area contributed by atoms with E-state index in [0.29, 0.717) is 5.56 Å². The van der Waals surface area contributed by atoms with Crippen LogP contribution < -0.4 is 0 Å². The van der Waals surface area contributed by atoms with Crippen LogP contribution in [0.5, 0.6) is 5.75 Å². The lowest BCUT2D eigenvalue weighted by molar-refractivity contribution is 0.0696. The van der Waals surface area contributed by atoms with Gasteiger partial charge in [-0.1, -0.05) is 12.1 Å². The summed E-state index contributed by atoms with van der Waals surface area (Å²) in [6.45, 7) is 0. The zero-order valence-corrected chi connectivity index (χ0v) is 11.0. The molecule has 0 spiro atoms. The Morgan fingerprint density at radius 3 is 2.62 bits per heavy atom. The molecule has 0 aliphatic rings. The smallest absolute Gasteiger partial charge is 0.335 e. The predicted molar refractivity (Wildman–Crippen MR) is 77.6 cm³/mol. The fourth-order valence-corrected chi connectivity index (χ4v) is 2.15. The van der Waals surface area contributed by atoms with E-state index in [-0.39, 0.29) is 11.3 Å². The number of nitrogens with zero attached hydrogens (tertiary/aromatic N) is 2. The van der Waals surface area contributed by atoms with E-state index in [2.05, 4.69) is 5.10 Å². The first kappa shape index (κ1) is 12.9. The van der Waals surface area contributed by atoms with E-state index in [1.165, 1.54) is 18.2 Å². The molecule has 0 amide bonds. The minimum atomic E-state index is -1.07. The van der Waals surface area contributed by atoms with Crippen LogP contribution in [0.1, 0.15) is 10.4 Å². The fraction of sp³-hybridized carbons (Fsp3) is 0. The quantitative estimate of drug-likeness (QED) is 0.773. The fourth-order valence-electron chi connectivity index (χ4n) is 2.15. The van der Waals surface area contributed by atoms with Gasteiger partial charge in [0.15, 0.2) is 0 Å². The number of carboxylic acid groups (broad SMARTS) is 1. The number of hydrogen-bond acceptors (Lipinski definition) is 3. The predicted octanol–water partition coefficient (Wildman–Crippen LogP) is 2.94. The molecule has 0 aliphatic carbocycles. The molecule has 0 fully saturated rings. The van der Waals surface area contributed by atoms with Crippen molar-refractivity contribution in [1.29, 1.82) is 0 Å². The summed E-state index contributed by atoms with van der Waals surface area (Å²) >= 11 is 0. The standard InChI is InChI=1S/C16H12N2O3/c19-15-9-12(7-13(10-15)16(20)21)11-3-1-4-14(8-11)18-6-2-5-17-18/h1-10,19H,(H,20,21). The maximum absolute atomic E-state index is 11.1. The number of phenols is 1. The average molecular weight is 280 g/mol. The lowest BCUT2D eigenvalue weighted by Crippen LogP contribution is -1.97. The Labute approximate surface area is 120 Å². The number of aromatic hydroxyl groups is 1. The zero-order valence-electron chi connectivity index (χ0n) is 11.0. The molecule has 0 saturated heterocycles. The Morgan fingerprint density at radius 2 is 1.90 bits per heavy atom. The first-order valence-electron chi connectivity index (χ1n) is 6.31. The molecule has 2 aromatic carbocycles. The van der Waals surface area contributed by atoms with Crippen molar-refractivity contribution in [3.8, 4) is 22.6 Å². The molecule has 1 heterocycles. The van der Waals surface area contributed by atoms with Gasteiger partial charge < -0.3 is 10.2 Å². The number of carboxylic acids is 1. The highest BCUT2D eigenvalue weighted by Crippen LogP contribution is 2.27. The van der Waals surface area contributed by atoms with Crippen LogP contribution in [-0.2, 0) is 0 Å². The molecule has 5 nitrogen and oxygen atoms in total. The molecule has 2 N–H and O–H groups in total. The number of rotatable bonds is 3. The summed E-state index contributed by atoms with van der Waals surface area (Å²) in [4.78, 5) is 11.1. The minimum absolute atomic E-state index is 0.0505. The second-order valence-corrected chi connectivity index (χ2v) is 4.57. The van der Waals surface area contributed by atoms with E-state index in [1.807, 2.05) is 36.5 Å². The SMILES string of the molecule is O=C(O)c1cc(O)cc(-c2cccc(-n3cccn3)c2)c1. The molecule has 104 valence electrons. The second kappa shape index (κ2) is 5.13. The Hall–Kier alpha value is -3.08. The summed E-state index contributed by atoms with van der Waals surface area (Å²) in [6, 6.07) is 13.6. The molecule has 0 atom stereocenters. The van der Waals surface area contributed by atoms with Crippen molar-refractivity contribution < 1.29 is 15.0 Å². The van der Waals surface area contributed by atoms with Gasteiger partial charge in [0.05, 0.1) is 11.3 Å². The molecule has 0 aliphatic heterocycles. The van der Waals surface area contributed by atoms with Gasteiger partial charge >= 0.3 is 5.97 Å². The number of aromatic nitrogens is 2. The third-order valence-corrected chi connectivity index (χ3v) is 3.11. The summed E-state index contributed by atoms with van der Waals surface area (Å²) in [5, 5.41) is 22.9. The summed E-state index contributed by atoms with van der Waals surface area (Å²) in [5.41, 5.74) is 2.36. The van der Waals surface area contributed by atoms with Crippen LogP contribution in [0.3, 0.4) is 0 Å². The van der Waals surface area contributed by atoms with Crippen LogP contribution in [0.15, 0.2) is 60.9 Å². The van der Waals surface area contributed by atoms with Gasteiger partial charge in [-0.3, -0.25) is 0 Å². The Morgan fingerprint density at radius 1 is 1.05 bits per heavy atom. The van der Waals surface area contributed by atoms with Gasteiger partial charge in [-0.15, -0.1) is 0 Å². The van der Waals surface area contributed by atoms with Crippen LogP contribution in [0, 0.1) is 0 Å². The molecule has 3 rings (SSSR count). The molecular weight excluding hydrogens is 268 g/mol. The lowest BCUT2D eigenvalue weighted by Gasteiger charge is -2.07. The molecule has 5 heteroatoms. The maximum Gasteiger partial charge on any atom is 0.335 e. The van der Waals surface area contributed by atoms with E-state index in [1.54, 1.807) is 10.9 Å². The summed E-state index contributed by atoms with van der Waals surface area (Å²) in [5.74, 6) is -1.15. The van der Waals surface area contributed by atoms with Gasteiger partial charge in [0.25, 0.3) is 0 Å². The van der Waals surface area contributed by atoms with Gasteiger partial charge in [0.1, 0.15) is 5.75 Å². The highest BCUT2D eigenvalue weighted by atomic mass is 16.4. The molecule has 0 saturated carbocycles. The first-order chi connectivity index (χ1) is 10.1. The number of phenolic OH excluding ortho intramolecular Hbond substituents is 1. The summed E-state index contributed by atoms with van der Waals surface area (Å²) < 4.78 is 1.71. The van der Waals surface area contributed by atoms with Gasteiger partial charge in [-0.25, -0.2) is 9.48 Å². The van der Waals surface area contributed by atoms with Crippen LogP contribution in [0.25, 0.3) is 16.8 Å². The van der Waals surface area contributed by atoms with Crippen LogP contribution in [-0.4, -0.2) is 26.0 Å². The van der Waals surface area contributed by atoms with E-state index >= 15 is 0 Å². The van der Waals surface area contributed by atoms with Crippen LogP contribution >= 0.6 is 0 Å². The third-order valence-electron chi connectivity index (χ3n) is 3.11. The van der Waals surface area contributed by atoms with Gasteiger partial charge in [-0.2, -0.15) is 5.10 Å². The molecular formula is C16H12N2O3.